The summed E-state index contributed by atoms with van der Waals surface area (Å²) in [6.07, 6.45) is 4.69. The van der Waals surface area contributed by atoms with E-state index in [0.717, 1.165) is 31.7 Å². The Morgan fingerprint density at radius 3 is 2.83 bits per heavy atom. The molecule has 1 aromatic heterocycles. The number of anilines is 1. The largest absolute Gasteiger partial charge is 0.447 e. The zero-order valence-corrected chi connectivity index (χ0v) is 15.6. The Kier molecular flexibility index (Phi) is 6.46. The van der Waals surface area contributed by atoms with Gasteiger partial charge in [0.05, 0.1) is 12.1 Å². The van der Waals surface area contributed by atoms with Gasteiger partial charge in [0.2, 0.25) is 0 Å². The van der Waals surface area contributed by atoms with Crippen LogP contribution in [0.2, 0.25) is 0 Å². The van der Waals surface area contributed by atoms with Gasteiger partial charge in [0.25, 0.3) is 0 Å². The van der Waals surface area contributed by atoms with Gasteiger partial charge in [0, 0.05) is 19.2 Å². The number of ether oxygens (including phenoxy) is 2. The minimum Gasteiger partial charge on any atom is -0.447 e. The highest BCUT2D eigenvalue weighted by Crippen LogP contribution is 2.26. The van der Waals surface area contributed by atoms with Crippen molar-refractivity contribution in [3.05, 3.63) is 18.1 Å². The van der Waals surface area contributed by atoms with Crippen molar-refractivity contribution in [3.8, 4) is 0 Å². The number of amides is 1. The van der Waals surface area contributed by atoms with Crippen molar-refractivity contribution in [2.45, 2.75) is 52.2 Å². The average Bonchev–Trinajstić information content (AvgIpc) is 3.16. The molecule has 2 unspecified atom stereocenters. The van der Waals surface area contributed by atoms with Crippen LogP contribution in [0.4, 0.5) is 10.6 Å². The Bertz CT molecular complexity index is 564. The molecule has 24 heavy (non-hydrogen) atoms. The molecule has 0 aliphatic carbocycles. The van der Waals surface area contributed by atoms with Crippen molar-refractivity contribution in [3.63, 3.8) is 0 Å². The summed E-state index contributed by atoms with van der Waals surface area (Å²) in [5.74, 6) is 2.08. The summed E-state index contributed by atoms with van der Waals surface area (Å²) in [5, 5.41) is 0. The number of aromatic nitrogens is 2. The van der Waals surface area contributed by atoms with Gasteiger partial charge in [-0.2, -0.15) is 13.5 Å². The van der Waals surface area contributed by atoms with E-state index < -0.39 is 0 Å². The van der Waals surface area contributed by atoms with Gasteiger partial charge in [0.15, 0.2) is 0 Å². The van der Waals surface area contributed by atoms with Crippen LogP contribution >= 0.6 is 13.5 Å². The Hall–Kier alpha value is -1.34. The van der Waals surface area contributed by atoms with Crippen molar-refractivity contribution in [2.24, 2.45) is 11.8 Å². The number of carbonyl (C=O) groups excluding carboxylic acids is 1. The first-order chi connectivity index (χ1) is 11.1. The van der Waals surface area contributed by atoms with Gasteiger partial charge >= 0.3 is 6.09 Å². The molecular formula is C17H27N3O3S. The predicted molar refractivity (Wildman–Crippen MR) is 96.7 cm³/mol. The van der Waals surface area contributed by atoms with Crippen LogP contribution in [0.5, 0.6) is 0 Å². The van der Waals surface area contributed by atoms with Crippen LogP contribution < -0.4 is 4.90 Å². The first-order valence-corrected chi connectivity index (χ1v) is 8.45. The summed E-state index contributed by atoms with van der Waals surface area (Å²) in [5.41, 5.74) is 0. The molecule has 6 nitrogen and oxygen atoms in total. The molecule has 0 radical (unpaired) electrons. The lowest BCUT2D eigenvalue weighted by molar-refractivity contribution is 0.0688. The van der Waals surface area contributed by atoms with Crippen molar-refractivity contribution < 1.29 is 14.3 Å². The predicted octanol–water partition coefficient (Wildman–Crippen LogP) is 2.93. The molecule has 2 aliphatic heterocycles. The second kappa shape index (κ2) is 8.16. The van der Waals surface area contributed by atoms with E-state index in [9.17, 15) is 4.79 Å². The highest BCUT2D eigenvalue weighted by molar-refractivity contribution is 7.59. The van der Waals surface area contributed by atoms with Crippen LogP contribution in [0.1, 0.15) is 39.4 Å². The molecule has 0 spiro atoms. The van der Waals surface area contributed by atoms with Gasteiger partial charge < -0.3 is 9.47 Å². The highest BCUT2D eigenvalue weighted by atomic mass is 32.1. The minimum atomic E-state index is -0.319. The fraction of sp³-hybridized carbons (Fsp3) is 0.706. The van der Waals surface area contributed by atoms with Crippen LogP contribution in [-0.2, 0) is 15.9 Å². The molecule has 0 aromatic carbocycles. The van der Waals surface area contributed by atoms with Gasteiger partial charge in [-0.05, 0) is 30.7 Å². The van der Waals surface area contributed by atoms with Gasteiger partial charge in [-0.15, -0.1) is 0 Å². The first-order valence-electron chi connectivity index (χ1n) is 8.45. The van der Waals surface area contributed by atoms with E-state index in [0.29, 0.717) is 30.4 Å². The van der Waals surface area contributed by atoms with Crippen molar-refractivity contribution in [1.29, 1.82) is 0 Å². The lowest BCUT2D eigenvalue weighted by Gasteiger charge is -2.24. The zero-order valence-electron chi connectivity index (χ0n) is 14.6. The molecule has 0 bridgehead atoms. The van der Waals surface area contributed by atoms with Gasteiger partial charge in [-0.3, -0.25) is 4.90 Å². The second-order valence-corrected chi connectivity index (χ2v) is 6.82. The Morgan fingerprint density at radius 1 is 1.38 bits per heavy atom. The highest BCUT2D eigenvalue weighted by Gasteiger charge is 2.37. The van der Waals surface area contributed by atoms with Gasteiger partial charge in [-0.25, -0.2) is 14.8 Å². The van der Waals surface area contributed by atoms with E-state index in [1.807, 2.05) is 0 Å². The molecule has 2 aliphatic rings. The molecule has 3 heterocycles. The zero-order chi connectivity index (χ0) is 16.4. The van der Waals surface area contributed by atoms with E-state index in [4.69, 9.17) is 9.47 Å². The summed E-state index contributed by atoms with van der Waals surface area (Å²) in [4.78, 5) is 22.7. The monoisotopic (exact) mass is 353 g/mol. The number of hydrogen-bond acceptors (Lipinski definition) is 5. The van der Waals surface area contributed by atoms with Crippen molar-refractivity contribution in [2.75, 3.05) is 18.1 Å². The molecular weight excluding hydrogens is 326 g/mol. The second-order valence-electron chi connectivity index (χ2n) is 6.82. The number of nitrogens with zero attached hydrogens (tertiary/aromatic N) is 3. The summed E-state index contributed by atoms with van der Waals surface area (Å²) >= 11 is 0. The molecule has 0 N–H and O–H groups in total. The standard InChI is InChI=1S/C17H25N3O3.H2S/c1-11(2)13-10-23-17(21)20(13)16-6-7-18-15(19-16)9-12(3)14-5-4-8-22-14;/h6-7,11-14H,4-5,8-10H2,1-3H3;1H2/t12?,13-,14?;/m1./s1. The third-order valence-corrected chi connectivity index (χ3v) is 4.72. The Labute approximate surface area is 150 Å². The van der Waals surface area contributed by atoms with E-state index in [1.54, 1.807) is 17.2 Å². The summed E-state index contributed by atoms with van der Waals surface area (Å²) in [7, 11) is 0. The molecule has 1 amide bonds. The Morgan fingerprint density at radius 2 is 2.17 bits per heavy atom. The molecule has 3 rings (SSSR count). The molecule has 0 saturated carbocycles. The number of cyclic esters (lactones) is 1. The maximum absolute atomic E-state index is 12.1. The molecule has 134 valence electrons. The quantitative estimate of drug-likeness (QED) is 0.814. The lowest BCUT2D eigenvalue weighted by atomic mass is 9.98. The third kappa shape index (κ3) is 4.00. The van der Waals surface area contributed by atoms with Crippen LogP contribution in [0, 0.1) is 11.8 Å². The molecule has 2 fully saturated rings. The summed E-state index contributed by atoms with van der Waals surface area (Å²) in [6, 6.07) is 1.81. The molecule has 1 aromatic rings. The van der Waals surface area contributed by atoms with Crippen molar-refractivity contribution >= 4 is 25.4 Å². The normalized spacial score (nSPS) is 24.8. The molecule has 7 heteroatoms. The summed E-state index contributed by atoms with van der Waals surface area (Å²) < 4.78 is 10.9. The maximum Gasteiger partial charge on any atom is 0.415 e. The van der Waals surface area contributed by atoms with E-state index in [-0.39, 0.29) is 25.6 Å². The summed E-state index contributed by atoms with van der Waals surface area (Å²) in [6.45, 7) is 7.61. The first kappa shape index (κ1) is 19.0. The van der Waals surface area contributed by atoms with Gasteiger partial charge in [0.1, 0.15) is 18.2 Å². The van der Waals surface area contributed by atoms with E-state index >= 15 is 0 Å². The number of carbonyl (C=O) groups is 1. The fourth-order valence-electron chi connectivity index (χ4n) is 3.28. The van der Waals surface area contributed by atoms with Gasteiger partial charge in [-0.1, -0.05) is 20.8 Å². The fourth-order valence-corrected chi connectivity index (χ4v) is 3.28. The number of hydrogen-bond donors (Lipinski definition) is 0. The van der Waals surface area contributed by atoms with Crippen LogP contribution in [0.25, 0.3) is 0 Å². The van der Waals surface area contributed by atoms with Crippen LogP contribution in [0.3, 0.4) is 0 Å². The minimum absolute atomic E-state index is 0. The van der Waals surface area contributed by atoms with E-state index in [1.165, 1.54) is 0 Å². The Balaban J connectivity index is 0.00000208. The molecule has 3 atom stereocenters. The smallest absolute Gasteiger partial charge is 0.415 e. The number of rotatable bonds is 5. The SMILES string of the molecule is CC(Cc1nccc(N2C(=O)OC[C@@H]2C(C)C)n1)C1CCCO1.S. The molecule has 2 saturated heterocycles. The van der Waals surface area contributed by atoms with Crippen molar-refractivity contribution in [1.82, 2.24) is 9.97 Å². The van der Waals surface area contributed by atoms with E-state index in [2.05, 4.69) is 30.7 Å². The lowest BCUT2D eigenvalue weighted by Crippen LogP contribution is -2.38. The topological polar surface area (TPSA) is 64.6 Å². The van der Waals surface area contributed by atoms with Crippen LogP contribution in [0.15, 0.2) is 12.3 Å². The van der Waals surface area contributed by atoms with Crippen LogP contribution in [-0.4, -0.2) is 41.4 Å². The third-order valence-electron chi connectivity index (χ3n) is 4.72. The average molecular weight is 353 g/mol. The maximum atomic E-state index is 12.1.